The van der Waals surface area contributed by atoms with Crippen LogP contribution in [0.1, 0.15) is 27.0 Å². The predicted octanol–water partition coefficient (Wildman–Crippen LogP) is 2.09. The van der Waals surface area contributed by atoms with Crippen molar-refractivity contribution in [1.29, 1.82) is 0 Å². The second-order valence-electron chi connectivity index (χ2n) is 7.95. The number of hydrogen-bond acceptors (Lipinski definition) is 5. The van der Waals surface area contributed by atoms with E-state index in [-0.39, 0.29) is 36.4 Å². The number of carbonyl (C=O) groups is 2. The summed E-state index contributed by atoms with van der Waals surface area (Å²) in [5, 5.41) is 2.68. The van der Waals surface area contributed by atoms with E-state index in [4.69, 9.17) is 4.74 Å². The van der Waals surface area contributed by atoms with Gasteiger partial charge in [0.05, 0.1) is 10.6 Å². The highest BCUT2D eigenvalue weighted by atomic mass is 32.2. The van der Waals surface area contributed by atoms with E-state index in [2.05, 4.69) is 5.32 Å². The van der Waals surface area contributed by atoms with Gasteiger partial charge in [0.1, 0.15) is 5.75 Å². The topological polar surface area (TPSA) is 96.0 Å². The Morgan fingerprint density at radius 2 is 1.68 bits per heavy atom. The second kappa shape index (κ2) is 7.97. The molecular weight excluding hydrogens is 418 g/mol. The molecule has 1 N–H and O–H groups in total. The van der Waals surface area contributed by atoms with Gasteiger partial charge in [-0.25, -0.2) is 8.42 Å². The number of carbonyl (C=O) groups excluding carboxylic acids is 2. The van der Waals surface area contributed by atoms with Crippen molar-refractivity contribution in [3.8, 4) is 5.75 Å². The van der Waals surface area contributed by atoms with Crippen molar-refractivity contribution in [2.75, 3.05) is 38.1 Å². The van der Waals surface area contributed by atoms with Crippen molar-refractivity contribution in [2.45, 2.75) is 25.7 Å². The molecule has 0 radical (unpaired) electrons. The van der Waals surface area contributed by atoms with E-state index >= 15 is 0 Å². The van der Waals surface area contributed by atoms with Crippen LogP contribution >= 0.6 is 0 Å². The third kappa shape index (κ3) is 4.03. The largest absolute Gasteiger partial charge is 0.482 e. The average molecular weight is 444 g/mol. The SMILES string of the molecule is Cc1ccc(C(=O)N2CCN(S(=O)(=O)c3cc4c(cc3C)NC(=O)CO4)CC2)cc1C. The van der Waals surface area contributed by atoms with Gasteiger partial charge in [-0.3, -0.25) is 9.59 Å². The highest BCUT2D eigenvalue weighted by molar-refractivity contribution is 7.89. The van der Waals surface area contributed by atoms with Gasteiger partial charge in [0, 0.05) is 37.8 Å². The quantitative estimate of drug-likeness (QED) is 0.784. The Hall–Kier alpha value is -2.91. The fourth-order valence-corrected chi connectivity index (χ4v) is 5.47. The molecule has 31 heavy (non-hydrogen) atoms. The lowest BCUT2D eigenvalue weighted by Gasteiger charge is -2.34. The molecule has 2 aliphatic rings. The molecule has 2 heterocycles. The van der Waals surface area contributed by atoms with Crippen molar-refractivity contribution < 1.29 is 22.7 Å². The molecule has 0 atom stereocenters. The third-order valence-corrected chi connectivity index (χ3v) is 7.85. The van der Waals surface area contributed by atoms with Gasteiger partial charge in [0.15, 0.2) is 6.61 Å². The molecule has 8 nitrogen and oxygen atoms in total. The van der Waals surface area contributed by atoms with Crippen molar-refractivity contribution in [1.82, 2.24) is 9.21 Å². The van der Waals surface area contributed by atoms with Crippen molar-refractivity contribution in [2.24, 2.45) is 0 Å². The maximum Gasteiger partial charge on any atom is 0.262 e. The van der Waals surface area contributed by atoms with Gasteiger partial charge in [0.25, 0.3) is 11.8 Å². The van der Waals surface area contributed by atoms with Crippen molar-refractivity contribution >= 4 is 27.5 Å². The number of anilines is 1. The summed E-state index contributed by atoms with van der Waals surface area (Å²) in [7, 11) is -3.76. The Labute approximate surface area is 181 Å². The van der Waals surface area contributed by atoms with Crippen LogP contribution in [0.2, 0.25) is 0 Å². The van der Waals surface area contributed by atoms with Crippen LogP contribution < -0.4 is 10.1 Å². The van der Waals surface area contributed by atoms with Gasteiger partial charge >= 0.3 is 0 Å². The van der Waals surface area contributed by atoms with Gasteiger partial charge < -0.3 is 15.0 Å². The lowest BCUT2D eigenvalue weighted by molar-refractivity contribution is -0.118. The first-order valence-corrected chi connectivity index (χ1v) is 11.5. The molecule has 2 aromatic carbocycles. The number of hydrogen-bond donors (Lipinski definition) is 1. The molecule has 0 aliphatic carbocycles. The monoisotopic (exact) mass is 443 g/mol. The fourth-order valence-electron chi connectivity index (χ4n) is 3.82. The highest BCUT2D eigenvalue weighted by Crippen LogP contribution is 2.34. The number of ether oxygens (including phenoxy) is 1. The molecular formula is C22H25N3O5S. The molecule has 1 fully saturated rings. The minimum Gasteiger partial charge on any atom is -0.482 e. The minimum atomic E-state index is -3.76. The smallest absolute Gasteiger partial charge is 0.262 e. The molecule has 1 saturated heterocycles. The number of nitrogens with zero attached hydrogens (tertiary/aromatic N) is 2. The van der Waals surface area contributed by atoms with Crippen LogP contribution in [0.5, 0.6) is 5.75 Å². The first-order chi connectivity index (χ1) is 14.7. The van der Waals surface area contributed by atoms with E-state index in [1.54, 1.807) is 17.9 Å². The van der Waals surface area contributed by atoms with Crippen LogP contribution in [-0.4, -0.2) is 62.2 Å². The van der Waals surface area contributed by atoms with Crippen LogP contribution in [0.4, 0.5) is 5.69 Å². The normalized spacial score (nSPS) is 17.0. The molecule has 0 aromatic heterocycles. The molecule has 0 spiro atoms. The zero-order valence-corrected chi connectivity index (χ0v) is 18.6. The van der Waals surface area contributed by atoms with Crippen molar-refractivity contribution in [3.63, 3.8) is 0 Å². The molecule has 2 aromatic rings. The van der Waals surface area contributed by atoms with E-state index in [0.29, 0.717) is 35.7 Å². The van der Waals surface area contributed by atoms with Gasteiger partial charge in [-0.1, -0.05) is 6.07 Å². The standard InChI is InChI=1S/C22H25N3O5S/c1-14-4-5-17(10-15(14)2)22(27)24-6-8-25(9-7-24)31(28,29)20-12-19-18(11-16(20)3)23-21(26)13-30-19/h4-5,10-12H,6-9,13H2,1-3H3,(H,23,26). The van der Waals surface area contributed by atoms with Gasteiger partial charge in [-0.2, -0.15) is 4.31 Å². The summed E-state index contributed by atoms with van der Waals surface area (Å²) in [4.78, 5) is 26.2. The van der Waals surface area contributed by atoms with Crippen LogP contribution in [0, 0.1) is 20.8 Å². The first kappa shape index (κ1) is 21.3. The molecule has 0 saturated carbocycles. The summed E-state index contributed by atoms with van der Waals surface area (Å²) in [6, 6.07) is 8.68. The Kier molecular flexibility index (Phi) is 5.49. The van der Waals surface area contributed by atoms with E-state index < -0.39 is 10.0 Å². The van der Waals surface area contributed by atoms with Crippen LogP contribution in [-0.2, 0) is 14.8 Å². The Bertz CT molecular complexity index is 1170. The van der Waals surface area contributed by atoms with E-state index in [0.717, 1.165) is 11.1 Å². The first-order valence-electron chi connectivity index (χ1n) is 10.1. The summed E-state index contributed by atoms with van der Waals surface area (Å²) in [6.45, 7) is 6.58. The summed E-state index contributed by atoms with van der Waals surface area (Å²) in [6.07, 6.45) is 0. The van der Waals surface area contributed by atoms with Crippen LogP contribution in [0.3, 0.4) is 0 Å². The number of aryl methyl sites for hydroxylation is 3. The maximum absolute atomic E-state index is 13.3. The zero-order chi connectivity index (χ0) is 22.3. The lowest BCUT2D eigenvalue weighted by Crippen LogP contribution is -2.50. The van der Waals surface area contributed by atoms with Crippen LogP contribution in [0.15, 0.2) is 35.2 Å². The summed E-state index contributed by atoms with van der Waals surface area (Å²) >= 11 is 0. The molecule has 9 heteroatoms. The van der Waals surface area contributed by atoms with Gasteiger partial charge in [0.2, 0.25) is 10.0 Å². The van der Waals surface area contributed by atoms with E-state index in [1.165, 1.54) is 10.4 Å². The summed E-state index contributed by atoms with van der Waals surface area (Å²) in [5.41, 5.74) is 3.78. The molecule has 2 amide bonds. The molecule has 2 aliphatic heterocycles. The molecule has 0 unspecified atom stereocenters. The molecule has 164 valence electrons. The Balaban J connectivity index is 1.50. The number of rotatable bonds is 3. The summed E-state index contributed by atoms with van der Waals surface area (Å²) in [5.74, 6) is -0.0198. The number of nitrogens with one attached hydrogen (secondary N) is 1. The van der Waals surface area contributed by atoms with Gasteiger partial charge in [-0.15, -0.1) is 0 Å². The maximum atomic E-state index is 13.3. The van der Waals surface area contributed by atoms with Crippen molar-refractivity contribution in [3.05, 3.63) is 52.6 Å². The lowest BCUT2D eigenvalue weighted by atomic mass is 10.1. The highest BCUT2D eigenvalue weighted by Gasteiger charge is 2.32. The minimum absolute atomic E-state index is 0.0887. The average Bonchev–Trinajstić information content (AvgIpc) is 2.74. The number of fused-ring (bicyclic) bond motifs is 1. The number of benzene rings is 2. The van der Waals surface area contributed by atoms with E-state index in [1.807, 2.05) is 32.0 Å². The van der Waals surface area contributed by atoms with Gasteiger partial charge in [-0.05, 0) is 55.7 Å². The summed E-state index contributed by atoms with van der Waals surface area (Å²) < 4.78 is 33.3. The second-order valence-corrected chi connectivity index (χ2v) is 9.85. The number of amides is 2. The number of sulfonamides is 1. The van der Waals surface area contributed by atoms with E-state index in [9.17, 15) is 18.0 Å². The Morgan fingerprint density at radius 1 is 0.968 bits per heavy atom. The number of piperazine rings is 1. The zero-order valence-electron chi connectivity index (χ0n) is 17.8. The molecule has 4 rings (SSSR count). The van der Waals surface area contributed by atoms with Crippen LogP contribution in [0.25, 0.3) is 0 Å². The molecule has 0 bridgehead atoms. The predicted molar refractivity (Wildman–Crippen MR) is 116 cm³/mol. The fraction of sp³-hybridized carbons (Fsp3) is 0.364. The third-order valence-electron chi connectivity index (χ3n) is 5.81. The Morgan fingerprint density at radius 3 is 2.35 bits per heavy atom.